The van der Waals surface area contributed by atoms with Crippen LogP contribution in [0.5, 0.6) is 11.5 Å². The average molecular weight is 534 g/mol. The van der Waals surface area contributed by atoms with E-state index < -0.39 is 6.03 Å². The number of urea groups is 1. The molecule has 10 heteroatoms. The van der Waals surface area contributed by atoms with Gasteiger partial charge < -0.3 is 40.0 Å². The number of methoxy groups -OCH3 is 3. The van der Waals surface area contributed by atoms with Crippen LogP contribution >= 0.6 is 0 Å². The largest absolute Gasteiger partial charge is 0.495 e. The van der Waals surface area contributed by atoms with Crippen molar-refractivity contribution in [3.05, 3.63) is 72.3 Å². The first-order valence-corrected chi connectivity index (χ1v) is 12.8. The van der Waals surface area contributed by atoms with Crippen molar-refractivity contribution >= 4 is 34.7 Å². The minimum Gasteiger partial charge on any atom is -0.495 e. The monoisotopic (exact) mass is 533 g/mol. The molecule has 0 bridgehead atoms. The third kappa shape index (κ3) is 6.91. The maximum Gasteiger partial charge on any atom is 0.323 e. The Balaban J connectivity index is 1.50. The highest BCUT2D eigenvalue weighted by atomic mass is 16.5. The van der Waals surface area contributed by atoms with E-state index in [2.05, 4.69) is 31.8 Å². The van der Waals surface area contributed by atoms with Gasteiger partial charge in [0.2, 0.25) is 0 Å². The molecule has 0 radical (unpaired) electrons. The maximum absolute atomic E-state index is 13.2. The molecule has 39 heavy (non-hydrogen) atoms. The summed E-state index contributed by atoms with van der Waals surface area (Å²) in [4.78, 5) is 30.4. The van der Waals surface area contributed by atoms with Gasteiger partial charge in [-0.05, 0) is 42.5 Å². The number of anilines is 4. The summed E-state index contributed by atoms with van der Waals surface area (Å²) in [6.07, 6.45) is 0. The molecular formula is C29H35N5O5. The minimum absolute atomic E-state index is 0.233. The van der Waals surface area contributed by atoms with Crippen molar-refractivity contribution in [2.75, 3.05) is 81.1 Å². The minimum atomic E-state index is -0.441. The number of carbonyl (C=O) groups is 2. The number of nitrogens with one attached hydrogen (secondary N) is 3. The number of rotatable bonds is 10. The summed E-state index contributed by atoms with van der Waals surface area (Å²) in [5.74, 6) is 1.16. The van der Waals surface area contributed by atoms with Gasteiger partial charge in [-0.3, -0.25) is 4.79 Å². The Kier molecular flexibility index (Phi) is 9.47. The van der Waals surface area contributed by atoms with Crippen molar-refractivity contribution < 1.29 is 23.8 Å². The van der Waals surface area contributed by atoms with Gasteiger partial charge in [0.15, 0.2) is 0 Å². The van der Waals surface area contributed by atoms with E-state index in [-0.39, 0.29) is 5.91 Å². The van der Waals surface area contributed by atoms with Crippen LogP contribution in [0.15, 0.2) is 66.7 Å². The highest BCUT2D eigenvalue weighted by molar-refractivity contribution is 6.04. The fourth-order valence-electron chi connectivity index (χ4n) is 4.55. The molecule has 0 atom stereocenters. The second kappa shape index (κ2) is 13.4. The molecule has 3 N–H and O–H groups in total. The first kappa shape index (κ1) is 27.6. The summed E-state index contributed by atoms with van der Waals surface area (Å²) in [7, 11) is 4.81. The zero-order chi connectivity index (χ0) is 27.6. The van der Waals surface area contributed by atoms with E-state index in [1.807, 2.05) is 36.4 Å². The molecule has 4 rings (SSSR count). The lowest BCUT2D eigenvalue weighted by Crippen LogP contribution is -2.47. The summed E-state index contributed by atoms with van der Waals surface area (Å²) in [5, 5.41) is 8.52. The Morgan fingerprint density at radius 1 is 0.769 bits per heavy atom. The van der Waals surface area contributed by atoms with Gasteiger partial charge in [0, 0.05) is 51.2 Å². The lowest BCUT2D eigenvalue weighted by atomic mass is 10.1. The highest BCUT2D eigenvalue weighted by Crippen LogP contribution is 2.31. The lowest BCUT2D eigenvalue weighted by molar-refractivity contribution is 0.0937. The molecule has 1 aliphatic heterocycles. The molecule has 206 valence electrons. The van der Waals surface area contributed by atoms with Crippen LogP contribution in [0.2, 0.25) is 0 Å². The third-order valence-corrected chi connectivity index (χ3v) is 6.49. The Morgan fingerprint density at radius 3 is 2.10 bits per heavy atom. The van der Waals surface area contributed by atoms with E-state index >= 15 is 0 Å². The average Bonchev–Trinajstić information content (AvgIpc) is 2.97. The molecule has 10 nitrogen and oxygen atoms in total. The predicted octanol–water partition coefficient (Wildman–Crippen LogP) is 4.05. The van der Waals surface area contributed by atoms with Gasteiger partial charge >= 0.3 is 6.03 Å². The van der Waals surface area contributed by atoms with E-state index in [0.717, 1.165) is 43.3 Å². The predicted molar refractivity (Wildman–Crippen MR) is 154 cm³/mol. The second-order valence-electron chi connectivity index (χ2n) is 8.91. The Bertz CT molecular complexity index is 1280. The summed E-state index contributed by atoms with van der Waals surface area (Å²) in [6, 6.07) is 20.1. The molecule has 0 saturated carbocycles. The zero-order valence-corrected chi connectivity index (χ0v) is 22.5. The molecule has 1 saturated heterocycles. The van der Waals surface area contributed by atoms with Gasteiger partial charge in [-0.15, -0.1) is 0 Å². The molecular weight excluding hydrogens is 498 g/mol. The molecule has 0 unspecified atom stereocenters. The van der Waals surface area contributed by atoms with E-state index in [0.29, 0.717) is 35.8 Å². The van der Waals surface area contributed by atoms with E-state index in [9.17, 15) is 9.59 Å². The summed E-state index contributed by atoms with van der Waals surface area (Å²) in [6.45, 7) is 3.76. The molecule has 3 amide bonds. The quantitative estimate of drug-likeness (QED) is 0.338. The number of piperazine rings is 1. The van der Waals surface area contributed by atoms with Crippen LogP contribution in [0, 0.1) is 0 Å². The number of benzene rings is 3. The highest BCUT2D eigenvalue weighted by Gasteiger charge is 2.24. The van der Waals surface area contributed by atoms with Gasteiger partial charge in [-0.25, -0.2) is 4.79 Å². The van der Waals surface area contributed by atoms with Gasteiger partial charge in [-0.1, -0.05) is 24.3 Å². The molecule has 3 aromatic carbocycles. The number of amides is 3. The van der Waals surface area contributed by atoms with E-state index in [1.54, 1.807) is 45.6 Å². The summed E-state index contributed by atoms with van der Waals surface area (Å²) >= 11 is 0. The first-order chi connectivity index (χ1) is 19.0. The van der Waals surface area contributed by atoms with Crippen LogP contribution < -0.4 is 35.2 Å². The van der Waals surface area contributed by atoms with Crippen LogP contribution in [0.4, 0.5) is 27.5 Å². The molecule has 3 aromatic rings. The van der Waals surface area contributed by atoms with Gasteiger partial charge in [0.25, 0.3) is 5.91 Å². The number of carbonyl (C=O) groups excluding carboxylic acids is 2. The molecule has 1 aliphatic rings. The standard InChI is InChI=1S/C29H35N5O5/c1-37-19-14-30-28(35)22-20-21(31-29(36)32-23-8-4-6-10-26(23)38-2)12-13-24(22)33-15-17-34(18-16-33)25-9-5-7-11-27(25)39-3/h4-13,20H,14-19H2,1-3H3,(H,30,35)(H2,31,32,36). The fraction of sp³-hybridized carbons (Fsp3) is 0.310. The van der Waals surface area contributed by atoms with E-state index in [1.165, 1.54) is 0 Å². The normalized spacial score (nSPS) is 13.0. The SMILES string of the molecule is COCCNC(=O)c1cc(NC(=O)Nc2ccccc2OC)ccc1N1CCN(c2ccccc2OC)CC1. The number of ether oxygens (including phenoxy) is 3. The van der Waals surface area contributed by atoms with Crippen molar-refractivity contribution in [2.24, 2.45) is 0 Å². The Hall–Kier alpha value is -4.44. The van der Waals surface area contributed by atoms with Gasteiger partial charge in [0.1, 0.15) is 11.5 Å². The molecule has 0 aliphatic carbocycles. The number of para-hydroxylation sites is 4. The molecule has 1 fully saturated rings. The van der Waals surface area contributed by atoms with Crippen molar-refractivity contribution in [3.63, 3.8) is 0 Å². The van der Waals surface area contributed by atoms with Crippen molar-refractivity contribution in [3.8, 4) is 11.5 Å². The van der Waals surface area contributed by atoms with Crippen molar-refractivity contribution in [2.45, 2.75) is 0 Å². The number of hydrogen-bond acceptors (Lipinski definition) is 7. The first-order valence-electron chi connectivity index (χ1n) is 12.8. The van der Waals surface area contributed by atoms with Crippen molar-refractivity contribution in [1.82, 2.24) is 5.32 Å². The smallest absolute Gasteiger partial charge is 0.323 e. The van der Waals surface area contributed by atoms with Crippen LogP contribution in [0.1, 0.15) is 10.4 Å². The van der Waals surface area contributed by atoms with Crippen LogP contribution in [-0.2, 0) is 4.74 Å². The second-order valence-corrected chi connectivity index (χ2v) is 8.91. The fourth-order valence-corrected chi connectivity index (χ4v) is 4.55. The van der Waals surface area contributed by atoms with Gasteiger partial charge in [0.05, 0.1) is 37.8 Å². The lowest BCUT2D eigenvalue weighted by Gasteiger charge is -2.38. The number of nitrogens with zero attached hydrogens (tertiary/aromatic N) is 2. The topological polar surface area (TPSA) is 104 Å². The maximum atomic E-state index is 13.2. The number of hydrogen-bond donors (Lipinski definition) is 3. The Labute approximate surface area is 228 Å². The summed E-state index contributed by atoms with van der Waals surface area (Å²) < 4.78 is 15.9. The molecule has 0 aromatic heterocycles. The van der Waals surface area contributed by atoms with Crippen LogP contribution in [0.3, 0.4) is 0 Å². The molecule has 0 spiro atoms. The third-order valence-electron chi connectivity index (χ3n) is 6.49. The summed E-state index contributed by atoms with van der Waals surface area (Å²) in [5.41, 5.74) is 3.38. The zero-order valence-electron chi connectivity index (χ0n) is 22.5. The van der Waals surface area contributed by atoms with Gasteiger partial charge in [-0.2, -0.15) is 0 Å². The van der Waals surface area contributed by atoms with E-state index in [4.69, 9.17) is 14.2 Å². The Morgan fingerprint density at radius 2 is 1.41 bits per heavy atom. The molecule has 1 heterocycles. The van der Waals surface area contributed by atoms with Crippen LogP contribution in [0.25, 0.3) is 0 Å². The van der Waals surface area contributed by atoms with Crippen molar-refractivity contribution in [1.29, 1.82) is 0 Å². The van der Waals surface area contributed by atoms with Crippen LogP contribution in [-0.4, -0.2) is 72.6 Å².